The Balaban J connectivity index is 1.87. The first kappa shape index (κ1) is 16.3. The number of aryl methyl sites for hydroxylation is 1. The highest BCUT2D eigenvalue weighted by atomic mass is 16.6. The van der Waals surface area contributed by atoms with Crippen molar-refractivity contribution < 1.29 is 23.6 Å². The maximum Gasteiger partial charge on any atom is 0.266 e. The summed E-state index contributed by atoms with van der Waals surface area (Å²) in [6, 6.07) is 6.86. The molecule has 23 heavy (non-hydrogen) atoms. The minimum atomic E-state index is -0.395. The highest BCUT2D eigenvalue weighted by Gasteiger charge is 2.07. The van der Waals surface area contributed by atoms with Gasteiger partial charge in [-0.2, -0.15) is 0 Å². The Kier molecular flexibility index (Phi) is 5.56. The summed E-state index contributed by atoms with van der Waals surface area (Å²) in [5.74, 6) is 1.80. The Morgan fingerprint density at radius 2 is 2.17 bits per heavy atom. The summed E-state index contributed by atoms with van der Waals surface area (Å²) in [6.07, 6.45) is 1.44. The van der Waals surface area contributed by atoms with E-state index in [0.29, 0.717) is 28.6 Å². The van der Waals surface area contributed by atoms with Crippen LogP contribution >= 0.6 is 0 Å². The number of ether oxygens (including phenoxy) is 2. The predicted octanol–water partition coefficient (Wildman–Crippen LogP) is 1.99. The van der Waals surface area contributed by atoms with E-state index in [1.165, 1.54) is 6.21 Å². The van der Waals surface area contributed by atoms with E-state index in [4.69, 9.17) is 18.8 Å². The van der Waals surface area contributed by atoms with Crippen LogP contribution in [0.25, 0.3) is 0 Å². The van der Waals surface area contributed by atoms with Crippen LogP contribution in [0, 0.1) is 6.92 Å². The molecule has 0 aliphatic heterocycles. The van der Waals surface area contributed by atoms with Gasteiger partial charge in [-0.3, -0.25) is 4.79 Å². The van der Waals surface area contributed by atoms with Crippen molar-refractivity contribution in [3.05, 3.63) is 35.6 Å². The molecule has 2 rings (SSSR count). The van der Waals surface area contributed by atoms with Gasteiger partial charge in [0.1, 0.15) is 17.3 Å². The highest BCUT2D eigenvalue weighted by Crippen LogP contribution is 2.22. The van der Waals surface area contributed by atoms with E-state index >= 15 is 0 Å². The Morgan fingerprint density at radius 3 is 2.83 bits per heavy atom. The van der Waals surface area contributed by atoms with Gasteiger partial charge >= 0.3 is 0 Å². The van der Waals surface area contributed by atoms with Crippen molar-refractivity contribution in [1.29, 1.82) is 0 Å². The number of methoxy groups -OCH3 is 2. The van der Waals surface area contributed by atoms with Gasteiger partial charge in [0.05, 0.1) is 20.4 Å². The standard InChI is InChI=1S/C15H17N3O5/c1-10-6-14(18-23-10)17-15(19)9-22-16-8-11-7-12(20-2)4-5-13(11)21-3/h4-8H,9H2,1-3H3,(H,17,18,19)/b16-8-. The van der Waals surface area contributed by atoms with Gasteiger partial charge in [-0.05, 0) is 25.1 Å². The van der Waals surface area contributed by atoms with E-state index in [2.05, 4.69) is 15.6 Å². The number of anilines is 1. The van der Waals surface area contributed by atoms with Crippen LogP contribution in [0.4, 0.5) is 5.82 Å². The maximum absolute atomic E-state index is 11.6. The average Bonchev–Trinajstić information content (AvgIpc) is 2.96. The number of nitrogens with one attached hydrogen (secondary N) is 1. The molecular formula is C15H17N3O5. The third-order valence-electron chi connectivity index (χ3n) is 2.79. The van der Waals surface area contributed by atoms with Gasteiger partial charge < -0.3 is 24.2 Å². The number of rotatable bonds is 7. The average molecular weight is 319 g/mol. The fourth-order valence-electron chi connectivity index (χ4n) is 1.73. The smallest absolute Gasteiger partial charge is 0.266 e. The quantitative estimate of drug-likeness (QED) is 0.619. The zero-order chi connectivity index (χ0) is 16.7. The highest BCUT2D eigenvalue weighted by molar-refractivity contribution is 5.90. The van der Waals surface area contributed by atoms with Crippen LogP contribution in [0.1, 0.15) is 11.3 Å². The Bertz CT molecular complexity index is 696. The summed E-state index contributed by atoms with van der Waals surface area (Å²) in [5.41, 5.74) is 0.666. The van der Waals surface area contributed by atoms with Crippen molar-refractivity contribution in [1.82, 2.24) is 5.16 Å². The first-order chi connectivity index (χ1) is 11.1. The number of carbonyl (C=O) groups excluding carboxylic acids is 1. The molecule has 0 atom stereocenters. The molecule has 1 aromatic heterocycles. The monoisotopic (exact) mass is 319 g/mol. The predicted molar refractivity (Wildman–Crippen MR) is 83.0 cm³/mol. The molecule has 1 aromatic carbocycles. The van der Waals surface area contributed by atoms with Crippen molar-refractivity contribution >= 4 is 17.9 Å². The summed E-state index contributed by atoms with van der Waals surface area (Å²) in [4.78, 5) is 16.6. The third kappa shape index (κ3) is 4.73. The molecule has 0 aliphatic rings. The molecule has 0 spiro atoms. The Labute approximate surface area is 133 Å². The molecule has 0 aliphatic carbocycles. The number of hydrogen-bond acceptors (Lipinski definition) is 7. The fourth-order valence-corrected chi connectivity index (χ4v) is 1.73. The molecule has 0 saturated carbocycles. The molecule has 2 aromatic rings. The van der Waals surface area contributed by atoms with Crippen LogP contribution in [0.3, 0.4) is 0 Å². The minimum absolute atomic E-state index is 0.255. The number of benzene rings is 1. The lowest BCUT2D eigenvalue weighted by Crippen LogP contribution is -2.17. The summed E-state index contributed by atoms with van der Waals surface area (Å²) in [6.45, 7) is 1.47. The normalized spacial score (nSPS) is 10.6. The van der Waals surface area contributed by atoms with E-state index in [1.54, 1.807) is 45.4 Å². The maximum atomic E-state index is 11.6. The van der Waals surface area contributed by atoms with Crippen molar-refractivity contribution in [3.63, 3.8) is 0 Å². The number of hydrogen-bond donors (Lipinski definition) is 1. The fraction of sp³-hybridized carbons (Fsp3) is 0.267. The lowest BCUT2D eigenvalue weighted by Gasteiger charge is -2.06. The molecular weight excluding hydrogens is 302 g/mol. The molecule has 8 nitrogen and oxygen atoms in total. The van der Waals surface area contributed by atoms with Crippen molar-refractivity contribution in [2.45, 2.75) is 6.92 Å². The molecule has 1 amide bonds. The zero-order valence-electron chi connectivity index (χ0n) is 13.0. The van der Waals surface area contributed by atoms with E-state index < -0.39 is 5.91 Å². The second kappa shape index (κ2) is 7.83. The van der Waals surface area contributed by atoms with Gasteiger partial charge in [0.25, 0.3) is 5.91 Å². The number of carbonyl (C=O) groups is 1. The lowest BCUT2D eigenvalue weighted by molar-refractivity contribution is -0.120. The molecule has 0 fully saturated rings. The lowest BCUT2D eigenvalue weighted by atomic mass is 10.2. The molecule has 1 heterocycles. The first-order valence-corrected chi connectivity index (χ1v) is 6.73. The van der Waals surface area contributed by atoms with Crippen molar-refractivity contribution in [3.8, 4) is 11.5 Å². The second-order valence-corrected chi connectivity index (χ2v) is 4.49. The van der Waals surface area contributed by atoms with Crippen LogP contribution in [0.15, 0.2) is 33.9 Å². The van der Waals surface area contributed by atoms with E-state index in [9.17, 15) is 4.79 Å². The van der Waals surface area contributed by atoms with Crippen LogP contribution in [-0.4, -0.2) is 38.1 Å². The van der Waals surface area contributed by atoms with Crippen LogP contribution < -0.4 is 14.8 Å². The molecule has 0 unspecified atom stereocenters. The van der Waals surface area contributed by atoms with Gasteiger partial charge in [-0.1, -0.05) is 10.3 Å². The molecule has 0 radical (unpaired) electrons. The largest absolute Gasteiger partial charge is 0.497 e. The molecule has 1 N–H and O–H groups in total. The molecule has 0 bridgehead atoms. The molecule has 0 saturated heterocycles. The molecule has 122 valence electrons. The number of aromatic nitrogens is 1. The molecule has 8 heteroatoms. The van der Waals surface area contributed by atoms with Gasteiger partial charge in [0.15, 0.2) is 12.4 Å². The summed E-state index contributed by atoms with van der Waals surface area (Å²) < 4.78 is 15.2. The van der Waals surface area contributed by atoms with E-state index in [0.717, 1.165) is 0 Å². The third-order valence-corrected chi connectivity index (χ3v) is 2.79. The topological polar surface area (TPSA) is 95.2 Å². The van der Waals surface area contributed by atoms with E-state index in [-0.39, 0.29) is 6.61 Å². The van der Waals surface area contributed by atoms with Gasteiger partial charge in [-0.15, -0.1) is 0 Å². The number of nitrogens with zero attached hydrogens (tertiary/aromatic N) is 2. The Hall–Kier alpha value is -3.03. The van der Waals surface area contributed by atoms with Crippen LogP contribution in [0.2, 0.25) is 0 Å². The van der Waals surface area contributed by atoms with Gasteiger partial charge in [0.2, 0.25) is 0 Å². The van der Waals surface area contributed by atoms with E-state index in [1.807, 2.05) is 0 Å². The van der Waals surface area contributed by atoms with Gasteiger partial charge in [-0.25, -0.2) is 0 Å². The van der Waals surface area contributed by atoms with Gasteiger partial charge in [0, 0.05) is 11.6 Å². The summed E-state index contributed by atoms with van der Waals surface area (Å²) in [5, 5.41) is 9.90. The van der Waals surface area contributed by atoms with Crippen LogP contribution in [0.5, 0.6) is 11.5 Å². The SMILES string of the molecule is COc1ccc(OC)c(/C=N\OCC(=O)Nc2cc(C)on2)c1. The Morgan fingerprint density at radius 1 is 1.35 bits per heavy atom. The number of oxime groups is 1. The second-order valence-electron chi connectivity index (χ2n) is 4.49. The zero-order valence-corrected chi connectivity index (χ0v) is 13.0. The van der Waals surface area contributed by atoms with Crippen molar-refractivity contribution in [2.24, 2.45) is 5.16 Å². The summed E-state index contributed by atoms with van der Waals surface area (Å²) in [7, 11) is 3.11. The summed E-state index contributed by atoms with van der Waals surface area (Å²) >= 11 is 0. The van der Waals surface area contributed by atoms with Crippen LogP contribution in [-0.2, 0) is 9.63 Å². The number of amides is 1. The minimum Gasteiger partial charge on any atom is -0.497 e. The van der Waals surface area contributed by atoms with Crippen molar-refractivity contribution in [2.75, 3.05) is 26.1 Å². The first-order valence-electron chi connectivity index (χ1n) is 6.73.